The van der Waals surface area contributed by atoms with Crippen LogP contribution in [0.4, 0.5) is 0 Å². The van der Waals surface area contributed by atoms with Crippen LogP contribution in [0.15, 0.2) is 65.4 Å². The Morgan fingerprint density at radius 2 is 2.00 bits per heavy atom. The van der Waals surface area contributed by atoms with E-state index in [4.69, 9.17) is 18.9 Å². The molecular weight excluding hydrogens is 474 g/mol. The van der Waals surface area contributed by atoms with Gasteiger partial charge in [-0.3, -0.25) is 4.79 Å². The van der Waals surface area contributed by atoms with Gasteiger partial charge in [0.15, 0.2) is 11.5 Å². The average molecular weight is 508 g/mol. The molecule has 0 bridgehead atoms. The Labute approximate surface area is 217 Å². The fraction of sp³-hybridized carbons (Fsp3) is 0.345. The van der Waals surface area contributed by atoms with Crippen LogP contribution in [0.5, 0.6) is 17.2 Å². The number of methoxy groups -OCH3 is 2. The molecule has 1 aliphatic rings. The third kappa shape index (κ3) is 7.35. The Morgan fingerprint density at radius 3 is 2.75 bits per heavy atom. The summed E-state index contributed by atoms with van der Waals surface area (Å²) in [5.41, 5.74) is 3.17. The molecule has 1 aliphatic heterocycles. The summed E-state index contributed by atoms with van der Waals surface area (Å²) in [5.74, 6) is 2.02. The molecule has 2 heterocycles. The number of hydrogen-bond acceptors (Lipinski definition) is 6. The van der Waals surface area contributed by atoms with Gasteiger partial charge in [-0.1, -0.05) is 18.2 Å². The molecule has 1 fully saturated rings. The number of thiophene rings is 1. The van der Waals surface area contributed by atoms with Crippen molar-refractivity contribution in [2.24, 2.45) is 0 Å². The molecule has 0 radical (unpaired) electrons. The summed E-state index contributed by atoms with van der Waals surface area (Å²) in [6, 6.07) is 15.7. The maximum Gasteiger partial charge on any atom is 0.246 e. The lowest BCUT2D eigenvalue weighted by molar-refractivity contribution is -0.128. The molecule has 36 heavy (non-hydrogen) atoms. The van der Waals surface area contributed by atoms with Gasteiger partial charge in [0.25, 0.3) is 0 Å². The van der Waals surface area contributed by atoms with Crippen molar-refractivity contribution >= 4 is 23.3 Å². The van der Waals surface area contributed by atoms with Gasteiger partial charge in [-0.05, 0) is 76.7 Å². The standard InChI is InChI=1S/C29H33NO5S/c1-32-27-10-8-22(18-28(27)33-2)9-11-29(31)30(20-26-7-4-14-34-26)19-24-5-3-6-25(17-24)35-15-12-23-13-16-36-21-23/h3,5-6,8-11,13,16-18,21,26H,4,7,12,14-15,19-20H2,1-2H3/b11-9+/t26-/m1/s1. The normalized spacial score (nSPS) is 15.2. The minimum absolute atomic E-state index is 0.0634. The molecule has 1 aromatic heterocycles. The molecule has 0 aliphatic carbocycles. The fourth-order valence-corrected chi connectivity index (χ4v) is 4.87. The second-order valence-corrected chi connectivity index (χ2v) is 9.46. The van der Waals surface area contributed by atoms with E-state index < -0.39 is 0 Å². The van der Waals surface area contributed by atoms with Crippen LogP contribution >= 0.6 is 11.3 Å². The van der Waals surface area contributed by atoms with Gasteiger partial charge in [-0.25, -0.2) is 0 Å². The Bertz CT molecular complexity index is 1140. The van der Waals surface area contributed by atoms with Crippen molar-refractivity contribution in [3.8, 4) is 17.2 Å². The second-order valence-electron chi connectivity index (χ2n) is 8.68. The monoisotopic (exact) mass is 507 g/mol. The van der Waals surface area contributed by atoms with E-state index in [1.807, 2.05) is 47.4 Å². The SMILES string of the molecule is COc1ccc(/C=C/C(=O)N(Cc2cccc(OCCc3ccsc3)c2)C[C@H]2CCCO2)cc1OC. The largest absolute Gasteiger partial charge is 0.493 e. The lowest BCUT2D eigenvalue weighted by Gasteiger charge is -2.24. The molecule has 7 heteroatoms. The Hall–Kier alpha value is -3.29. The smallest absolute Gasteiger partial charge is 0.246 e. The van der Waals surface area contributed by atoms with Gasteiger partial charge in [0, 0.05) is 32.2 Å². The van der Waals surface area contributed by atoms with Crippen LogP contribution in [0, 0.1) is 0 Å². The van der Waals surface area contributed by atoms with Crippen LogP contribution in [0.1, 0.15) is 29.5 Å². The number of amides is 1. The molecule has 1 amide bonds. The molecule has 0 saturated carbocycles. The first-order chi connectivity index (χ1) is 17.6. The average Bonchev–Trinajstić information content (AvgIpc) is 3.61. The summed E-state index contributed by atoms with van der Waals surface area (Å²) in [6.07, 6.45) is 6.34. The van der Waals surface area contributed by atoms with Crippen LogP contribution < -0.4 is 14.2 Å². The summed E-state index contributed by atoms with van der Waals surface area (Å²) in [7, 11) is 3.20. The highest BCUT2D eigenvalue weighted by Gasteiger charge is 2.22. The molecule has 190 valence electrons. The summed E-state index contributed by atoms with van der Waals surface area (Å²) in [5, 5.41) is 4.22. The number of hydrogen-bond donors (Lipinski definition) is 0. The number of rotatable bonds is 12. The topological polar surface area (TPSA) is 57.2 Å². The summed E-state index contributed by atoms with van der Waals surface area (Å²) < 4.78 is 22.5. The van der Waals surface area contributed by atoms with E-state index >= 15 is 0 Å². The maximum atomic E-state index is 13.3. The van der Waals surface area contributed by atoms with E-state index in [0.717, 1.165) is 42.7 Å². The second kappa shape index (κ2) is 13.1. The minimum Gasteiger partial charge on any atom is -0.493 e. The zero-order chi connectivity index (χ0) is 25.2. The van der Waals surface area contributed by atoms with E-state index in [2.05, 4.69) is 16.8 Å². The van der Waals surface area contributed by atoms with Crippen molar-refractivity contribution in [1.29, 1.82) is 0 Å². The lowest BCUT2D eigenvalue weighted by Crippen LogP contribution is -2.35. The van der Waals surface area contributed by atoms with Crippen molar-refractivity contribution < 1.29 is 23.7 Å². The van der Waals surface area contributed by atoms with Crippen molar-refractivity contribution in [3.05, 3.63) is 82.1 Å². The van der Waals surface area contributed by atoms with E-state index in [0.29, 0.717) is 31.2 Å². The van der Waals surface area contributed by atoms with Crippen LogP contribution in [0.3, 0.4) is 0 Å². The highest BCUT2D eigenvalue weighted by atomic mass is 32.1. The first-order valence-corrected chi connectivity index (χ1v) is 13.1. The van der Waals surface area contributed by atoms with Crippen molar-refractivity contribution in [2.45, 2.75) is 31.9 Å². The predicted molar refractivity (Wildman–Crippen MR) is 143 cm³/mol. The predicted octanol–water partition coefficient (Wildman–Crippen LogP) is 5.61. The summed E-state index contributed by atoms with van der Waals surface area (Å²) in [6.45, 7) is 2.41. The quantitative estimate of drug-likeness (QED) is 0.298. The molecule has 0 N–H and O–H groups in total. The zero-order valence-corrected chi connectivity index (χ0v) is 21.7. The Kier molecular flexibility index (Phi) is 9.41. The van der Waals surface area contributed by atoms with Crippen LogP contribution in [-0.4, -0.2) is 50.9 Å². The van der Waals surface area contributed by atoms with E-state index in [1.54, 1.807) is 37.7 Å². The van der Waals surface area contributed by atoms with Gasteiger partial charge in [0.2, 0.25) is 5.91 Å². The first kappa shape index (κ1) is 25.8. The Morgan fingerprint density at radius 1 is 1.11 bits per heavy atom. The highest BCUT2D eigenvalue weighted by Crippen LogP contribution is 2.28. The molecule has 3 aromatic rings. The van der Waals surface area contributed by atoms with Crippen LogP contribution in [0.25, 0.3) is 6.08 Å². The van der Waals surface area contributed by atoms with Gasteiger partial charge in [-0.15, -0.1) is 0 Å². The molecule has 0 spiro atoms. The number of benzene rings is 2. The van der Waals surface area contributed by atoms with Crippen molar-refractivity contribution in [1.82, 2.24) is 4.90 Å². The van der Waals surface area contributed by atoms with E-state index in [1.165, 1.54) is 5.56 Å². The summed E-state index contributed by atoms with van der Waals surface area (Å²) >= 11 is 1.70. The molecule has 4 rings (SSSR count). The van der Waals surface area contributed by atoms with Crippen LogP contribution in [0.2, 0.25) is 0 Å². The van der Waals surface area contributed by atoms with Gasteiger partial charge < -0.3 is 23.8 Å². The molecule has 1 atom stereocenters. The Balaban J connectivity index is 1.43. The third-order valence-electron chi connectivity index (χ3n) is 6.10. The highest BCUT2D eigenvalue weighted by molar-refractivity contribution is 7.07. The summed E-state index contributed by atoms with van der Waals surface area (Å²) in [4.78, 5) is 15.1. The number of nitrogens with zero attached hydrogens (tertiary/aromatic N) is 1. The number of carbonyl (C=O) groups is 1. The van der Waals surface area contributed by atoms with Crippen molar-refractivity contribution in [2.75, 3.05) is 34.0 Å². The van der Waals surface area contributed by atoms with E-state index in [9.17, 15) is 4.79 Å². The first-order valence-electron chi connectivity index (χ1n) is 12.2. The maximum absolute atomic E-state index is 13.3. The van der Waals surface area contributed by atoms with Crippen LogP contribution in [-0.2, 0) is 22.5 Å². The third-order valence-corrected chi connectivity index (χ3v) is 6.83. The molecule has 6 nitrogen and oxygen atoms in total. The van der Waals surface area contributed by atoms with Crippen molar-refractivity contribution in [3.63, 3.8) is 0 Å². The molecule has 1 saturated heterocycles. The number of ether oxygens (including phenoxy) is 4. The van der Waals surface area contributed by atoms with Gasteiger partial charge in [0.1, 0.15) is 5.75 Å². The van der Waals surface area contributed by atoms with Gasteiger partial charge >= 0.3 is 0 Å². The minimum atomic E-state index is -0.0657. The fourth-order valence-electron chi connectivity index (χ4n) is 4.17. The molecule has 0 unspecified atom stereocenters. The van der Waals surface area contributed by atoms with Gasteiger partial charge in [0.05, 0.1) is 26.9 Å². The van der Waals surface area contributed by atoms with E-state index in [-0.39, 0.29) is 12.0 Å². The van der Waals surface area contributed by atoms with Gasteiger partial charge in [-0.2, -0.15) is 11.3 Å². The zero-order valence-electron chi connectivity index (χ0n) is 20.9. The molecule has 2 aromatic carbocycles. The molecular formula is C29H33NO5S. The lowest BCUT2D eigenvalue weighted by atomic mass is 10.1. The number of carbonyl (C=O) groups excluding carboxylic acids is 1.